The van der Waals surface area contributed by atoms with Crippen molar-refractivity contribution in [1.82, 2.24) is 15.1 Å². The van der Waals surface area contributed by atoms with Crippen LogP contribution in [-0.2, 0) is 4.79 Å². The van der Waals surface area contributed by atoms with Crippen molar-refractivity contribution in [2.45, 2.75) is 39.7 Å². The van der Waals surface area contributed by atoms with E-state index in [4.69, 9.17) is 5.73 Å². The molecule has 1 rings (SSSR count). The van der Waals surface area contributed by atoms with Crippen molar-refractivity contribution in [3.8, 4) is 0 Å². The molecular formula is C16H34N4O. The maximum Gasteiger partial charge on any atom is 0.220 e. The van der Waals surface area contributed by atoms with E-state index in [-0.39, 0.29) is 5.91 Å². The normalized spacial score (nSPS) is 20.5. The molecule has 0 aromatic rings. The zero-order chi connectivity index (χ0) is 15.8. The van der Waals surface area contributed by atoms with Crippen molar-refractivity contribution in [2.24, 2.45) is 17.6 Å². The summed E-state index contributed by atoms with van der Waals surface area (Å²) in [7, 11) is 2.17. The Kier molecular flexibility index (Phi) is 8.22. The van der Waals surface area contributed by atoms with Crippen molar-refractivity contribution < 1.29 is 4.79 Å². The number of nitrogens with zero attached hydrogens (tertiary/aromatic N) is 2. The number of carbonyl (C=O) groups is 1. The fraction of sp³-hybridized carbons (Fsp3) is 0.938. The summed E-state index contributed by atoms with van der Waals surface area (Å²) in [6.45, 7) is 12.3. The summed E-state index contributed by atoms with van der Waals surface area (Å²) < 4.78 is 0. The molecule has 0 aromatic heterocycles. The van der Waals surface area contributed by atoms with E-state index >= 15 is 0 Å². The first-order valence-corrected chi connectivity index (χ1v) is 8.37. The van der Waals surface area contributed by atoms with Crippen LogP contribution in [0.25, 0.3) is 0 Å². The SMILES string of the molecule is CCC(CN)CC(=O)NCC(C(C)C)N1CCN(C)CC1. The molecule has 5 heteroatoms. The lowest BCUT2D eigenvalue weighted by atomic mass is 10.00. The summed E-state index contributed by atoms with van der Waals surface area (Å²) >= 11 is 0. The molecular weight excluding hydrogens is 264 g/mol. The van der Waals surface area contributed by atoms with E-state index in [1.165, 1.54) is 0 Å². The lowest BCUT2D eigenvalue weighted by molar-refractivity contribution is -0.122. The second kappa shape index (κ2) is 9.38. The number of nitrogens with two attached hydrogens (primary N) is 1. The molecule has 0 aliphatic carbocycles. The highest BCUT2D eigenvalue weighted by atomic mass is 16.1. The molecule has 0 aromatic carbocycles. The Hall–Kier alpha value is -0.650. The molecule has 124 valence electrons. The van der Waals surface area contributed by atoms with E-state index in [1.807, 2.05) is 0 Å². The number of carbonyl (C=O) groups excluding carboxylic acids is 1. The van der Waals surface area contributed by atoms with Crippen molar-refractivity contribution in [2.75, 3.05) is 46.3 Å². The number of hydrogen-bond donors (Lipinski definition) is 2. The first-order valence-electron chi connectivity index (χ1n) is 8.37. The summed E-state index contributed by atoms with van der Waals surface area (Å²) in [5.41, 5.74) is 5.67. The van der Waals surface area contributed by atoms with Gasteiger partial charge in [0.25, 0.3) is 0 Å². The van der Waals surface area contributed by atoms with Crippen LogP contribution in [0.2, 0.25) is 0 Å². The van der Waals surface area contributed by atoms with Crippen LogP contribution in [0, 0.1) is 11.8 Å². The number of piperazine rings is 1. The van der Waals surface area contributed by atoms with Crippen LogP contribution < -0.4 is 11.1 Å². The number of likely N-dealkylation sites (N-methyl/N-ethyl adjacent to an activating group) is 1. The second-order valence-electron chi connectivity index (χ2n) is 6.67. The van der Waals surface area contributed by atoms with Gasteiger partial charge in [0, 0.05) is 45.2 Å². The van der Waals surface area contributed by atoms with Crippen LogP contribution in [-0.4, -0.2) is 68.1 Å². The van der Waals surface area contributed by atoms with Gasteiger partial charge in [0.05, 0.1) is 0 Å². The smallest absolute Gasteiger partial charge is 0.220 e. The molecule has 0 bridgehead atoms. The molecule has 21 heavy (non-hydrogen) atoms. The predicted octanol–water partition coefficient (Wildman–Crippen LogP) is 0.750. The van der Waals surface area contributed by atoms with Crippen LogP contribution >= 0.6 is 0 Å². The van der Waals surface area contributed by atoms with E-state index in [1.54, 1.807) is 0 Å². The average molecular weight is 298 g/mol. The molecule has 1 saturated heterocycles. The van der Waals surface area contributed by atoms with E-state index in [0.29, 0.717) is 30.8 Å². The molecule has 0 spiro atoms. The van der Waals surface area contributed by atoms with Crippen LogP contribution in [0.4, 0.5) is 0 Å². The molecule has 2 atom stereocenters. The van der Waals surface area contributed by atoms with Crippen molar-refractivity contribution in [3.63, 3.8) is 0 Å². The minimum Gasteiger partial charge on any atom is -0.355 e. The number of hydrogen-bond acceptors (Lipinski definition) is 4. The van der Waals surface area contributed by atoms with Crippen LogP contribution in [0.1, 0.15) is 33.6 Å². The Labute approximate surface area is 130 Å². The molecule has 1 amide bonds. The Morgan fingerprint density at radius 2 is 1.86 bits per heavy atom. The van der Waals surface area contributed by atoms with Crippen molar-refractivity contribution in [1.29, 1.82) is 0 Å². The Morgan fingerprint density at radius 1 is 1.24 bits per heavy atom. The largest absolute Gasteiger partial charge is 0.355 e. The quantitative estimate of drug-likeness (QED) is 0.694. The van der Waals surface area contributed by atoms with E-state index < -0.39 is 0 Å². The van der Waals surface area contributed by atoms with Crippen LogP contribution in [0.15, 0.2) is 0 Å². The Morgan fingerprint density at radius 3 is 2.33 bits per heavy atom. The summed E-state index contributed by atoms with van der Waals surface area (Å²) in [6, 6.07) is 0.431. The number of amides is 1. The van der Waals surface area contributed by atoms with E-state index in [0.717, 1.165) is 39.1 Å². The van der Waals surface area contributed by atoms with Gasteiger partial charge in [0.15, 0.2) is 0 Å². The third kappa shape index (κ3) is 6.32. The fourth-order valence-corrected chi connectivity index (χ4v) is 2.89. The van der Waals surface area contributed by atoms with Gasteiger partial charge in [-0.05, 0) is 25.4 Å². The monoisotopic (exact) mass is 298 g/mol. The molecule has 1 aliphatic rings. The van der Waals surface area contributed by atoms with Gasteiger partial charge in [0.1, 0.15) is 0 Å². The highest BCUT2D eigenvalue weighted by Crippen LogP contribution is 2.13. The third-order valence-corrected chi connectivity index (χ3v) is 4.67. The van der Waals surface area contributed by atoms with Gasteiger partial charge in [-0.25, -0.2) is 0 Å². The molecule has 0 saturated carbocycles. The molecule has 2 unspecified atom stereocenters. The molecule has 1 fully saturated rings. The molecule has 3 N–H and O–H groups in total. The average Bonchev–Trinajstić information content (AvgIpc) is 2.46. The zero-order valence-corrected chi connectivity index (χ0v) is 14.3. The van der Waals surface area contributed by atoms with Gasteiger partial charge in [-0.15, -0.1) is 0 Å². The lowest BCUT2D eigenvalue weighted by Gasteiger charge is -2.40. The maximum absolute atomic E-state index is 12.0. The van der Waals surface area contributed by atoms with Crippen LogP contribution in [0.3, 0.4) is 0 Å². The zero-order valence-electron chi connectivity index (χ0n) is 14.3. The summed E-state index contributed by atoms with van der Waals surface area (Å²) in [5, 5.41) is 3.12. The fourth-order valence-electron chi connectivity index (χ4n) is 2.89. The molecule has 5 nitrogen and oxygen atoms in total. The topological polar surface area (TPSA) is 61.6 Å². The van der Waals surface area contributed by atoms with Gasteiger partial charge in [0.2, 0.25) is 5.91 Å². The molecule has 1 heterocycles. The first-order chi connectivity index (χ1) is 9.97. The Bertz CT molecular complexity index is 297. The number of rotatable bonds is 8. The second-order valence-corrected chi connectivity index (χ2v) is 6.67. The van der Waals surface area contributed by atoms with Gasteiger partial charge in [-0.2, -0.15) is 0 Å². The summed E-state index contributed by atoms with van der Waals surface area (Å²) in [5.74, 6) is 1.00. The van der Waals surface area contributed by atoms with E-state index in [2.05, 4.69) is 42.9 Å². The summed E-state index contributed by atoms with van der Waals surface area (Å²) in [6.07, 6.45) is 1.52. The minimum absolute atomic E-state index is 0.145. The lowest BCUT2D eigenvalue weighted by Crippen LogP contribution is -2.54. The van der Waals surface area contributed by atoms with Crippen LogP contribution in [0.5, 0.6) is 0 Å². The summed E-state index contributed by atoms with van der Waals surface area (Å²) in [4.78, 5) is 16.9. The van der Waals surface area contributed by atoms with Gasteiger partial charge < -0.3 is 16.0 Å². The van der Waals surface area contributed by atoms with Gasteiger partial charge >= 0.3 is 0 Å². The van der Waals surface area contributed by atoms with E-state index in [9.17, 15) is 4.79 Å². The molecule has 1 aliphatic heterocycles. The van der Waals surface area contributed by atoms with Gasteiger partial charge in [-0.3, -0.25) is 9.69 Å². The highest BCUT2D eigenvalue weighted by Gasteiger charge is 2.25. The standard InChI is InChI=1S/C16H34N4O/c1-5-14(11-17)10-16(21)18-12-15(13(2)3)20-8-6-19(4)7-9-20/h13-15H,5-12,17H2,1-4H3,(H,18,21). The maximum atomic E-state index is 12.0. The minimum atomic E-state index is 0.145. The van der Waals surface area contributed by atoms with Gasteiger partial charge in [-0.1, -0.05) is 27.2 Å². The molecule has 0 radical (unpaired) electrons. The third-order valence-electron chi connectivity index (χ3n) is 4.67. The Balaban J connectivity index is 2.42. The van der Waals surface area contributed by atoms with Crippen molar-refractivity contribution >= 4 is 5.91 Å². The predicted molar refractivity (Wildman–Crippen MR) is 88.2 cm³/mol. The number of nitrogens with one attached hydrogen (secondary N) is 1. The van der Waals surface area contributed by atoms with Crippen molar-refractivity contribution in [3.05, 3.63) is 0 Å². The first kappa shape index (κ1) is 18.4. The highest BCUT2D eigenvalue weighted by molar-refractivity contribution is 5.76.